The summed E-state index contributed by atoms with van der Waals surface area (Å²) in [4.78, 5) is 2.50. The van der Waals surface area contributed by atoms with Crippen molar-refractivity contribution < 1.29 is 14.0 Å². The summed E-state index contributed by atoms with van der Waals surface area (Å²) >= 11 is 6.04. The molecule has 28 heavy (non-hydrogen) atoms. The van der Waals surface area contributed by atoms with Gasteiger partial charge in [-0.15, -0.1) is 0 Å². The molecule has 0 aliphatic carbocycles. The van der Waals surface area contributed by atoms with Crippen LogP contribution in [0.1, 0.15) is 30.9 Å². The number of hydrogen-bond acceptors (Lipinski definition) is 5. The lowest BCUT2D eigenvalue weighted by atomic mass is 9.91. The summed E-state index contributed by atoms with van der Waals surface area (Å²) in [6.45, 7) is 3.87. The first-order chi connectivity index (χ1) is 13.7. The number of rotatable bonds is 7. The maximum absolute atomic E-state index is 6.04. The third-order valence-corrected chi connectivity index (χ3v) is 5.62. The Balaban J connectivity index is 1.24. The molecule has 1 saturated heterocycles. The van der Waals surface area contributed by atoms with Gasteiger partial charge in [-0.25, -0.2) is 0 Å². The number of benzene rings is 2. The Bertz CT molecular complexity index is 919. The molecule has 1 aromatic heterocycles. The number of halogens is 1. The third-order valence-electron chi connectivity index (χ3n) is 5.38. The van der Waals surface area contributed by atoms with Crippen LogP contribution in [0.3, 0.4) is 0 Å². The molecule has 148 valence electrons. The van der Waals surface area contributed by atoms with Gasteiger partial charge in [0.05, 0.1) is 19.4 Å². The van der Waals surface area contributed by atoms with E-state index in [9.17, 15) is 0 Å². The summed E-state index contributed by atoms with van der Waals surface area (Å²) < 4.78 is 16.7. The predicted molar refractivity (Wildman–Crippen MR) is 111 cm³/mol. The van der Waals surface area contributed by atoms with Crippen LogP contribution < -0.4 is 9.47 Å². The van der Waals surface area contributed by atoms with Crippen molar-refractivity contribution in [1.82, 2.24) is 10.1 Å². The maximum Gasteiger partial charge on any atom is 0.168 e. The molecule has 1 aliphatic heterocycles. The van der Waals surface area contributed by atoms with E-state index in [0.717, 1.165) is 67.1 Å². The molecule has 3 aromatic rings. The van der Waals surface area contributed by atoms with Crippen molar-refractivity contribution >= 4 is 22.6 Å². The Morgan fingerprint density at radius 2 is 1.93 bits per heavy atom. The van der Waals surface area contributed by atoms with Gasteiger partial charge in [-0.1, -0.05) is 28.9 Å². The van der Waals surface area contributed by atoms with Crippen molar-refractivity contribution in [2.75, 3.05) is 33.4 Å². The van der Waals surface area contributed by atoms with Crippen LogP contribution in [0.4, 0.5) is 0 Å². The second kappa shape index (κ2) is 8.84. The van der Waals surface area contributed by atoms with Crippen LogP contribution in [-0.4, -0.2) is 43.4 Å². The first kappa shape index (κ1) is 19.1. The minimum Gasteiger partial charge on any atom is -0.493 e. The molecular formula is C22H25ClN2O3. The Labute approximate surface area is 170 Å². The highest BCUT2D eigenvalue weighted by Crippen LogP contribution is 2.33. The Kier molecular flexibility index (Phi) is 6.03. The van der Waals surface area contributed by atoms with E-state index in [0.29, 0.717) is 17.5 Å². The van der Waals surface area contributed by atoms with Crippen molar-refractivity contribution in [1.29, 1.82) is 0 Å². The van der Waals surface area contributed by atoms with Gasteiger partial charge < -0.3 is 18.9 Å². The van der Waals surface area contributed by atoms with Crippen LogP contribution in [0.5, 0.6) is 11.5 Å². The number of aromatic nitrogens is 1. The number of fused-ring (bicyclic) bond motifs is 1. The van der Waals surface area contributed by atoms with Gasteiger partial charge in [0.25, 0.3) is 0 Å². The molecule has 1 fully saturated rings. The van der Waals surface area contributed by atoms with Crippen LogP contribution in [0.2, 0.25) is 5.02 Å². The Morgan fingerprint density at radius 1 is 1.14 bits per heavy atom. The molecule has 0 atom stereocenters. The first-order valence-electron chi connectivity index (χ1n) is 9.77. The van der Waals surface area contributed by atoms with E-state index in [1.54, 1.807) is 7.11 Å². The summed E-state index contributed by atoms with van der Waals surface area (Å²) in [6.07, 6.45) is 3.18. The Hall–Kier alpha value is -2.24. The van der Waals surface area contributed by atoms with Crippen molar-refractivity contribution in [3.8, 4) is 11.5 Å². The fourth-order valence-electron chi connectivity index (χ4n) is 3.86. The van der Waals surface area contributed by atoms with Crippen LogP contribution in [0, 0.1) is 0 Å². The lowest BCUT2D eigenvalue weighted by Crippen LogP contribution is -2.34. The third kappa shape index (κ3) is 4.26. The second-order valence-corrected chi connectivity index (χ2v) is 7.61. The van der Waals surface area contributed by atoms with Gasteiger partial charge >= 0.3 is 0 Å². The summed E-state index contributed by atoms with van der Waals surface area (Å²) in [5.74, 6) is 2.04. The van der Waals surface area contributed by atoms with Crippen molar-refractivity contribution in [2.24, 2.45) is 0 Å². The van der Waals surface area contributed by atoms with Gasteiger partial charge in [0, 0.05) is 28.9 Å². The average molecular weight is 401 g/mol. The van der Waals surface area contributed by atoms with E-state index in [2.05, 4.69) is 10.1 Å². The molecule has 2 heterocycles. The number of para-hydroxylation sites is 2. The highest BCUT2D eigenvalue weighted by molar-refractivity contribution is 6.31. The van der Waals surface area contributed by atoms with Crippen LogP contribution >= 0.6 is 11.6 Å². The lowest BCUT2D eigenvalue weighted by molar-refractivity contribution is 0.189. The number of piperidine rings is 1. The lowest BCUT2D eigenvalue weighted by Gasteiger charge is -2.31. The zero-order valence-corrected chi connectivity index (χ0v) is 16.8. The monoisotopic (exact) mass is 400 g/mol. The van der Waals surface area contributed by atoms with Crippen molar-refractivity contribution in [2.45, 2.75) is 25.2 Å². The fraction of sp³-hybridized carbons (Fsp3) is 0.409. The summed E-state index contributed by atoms with van der Waals surface area (Å²) in [6, 6.07) is 13.5. The molecule has 0 bridgehead atoms. The highest BCUT2D eigenvalue weighted by Gasteiger charge is 2.24. The standard InChI is InChI=1S/C22H25ClN2O3/c1-26-19-5-2-3-6-20(19)27-14-4-11-25-12-9-16(10-13-25)22-18-8-7-17(23)15-21(18)28-24-22/h2-3,5-8,15-16H,4,9-14H2,1H3. The normalized spacial score (nSPS) is 15.8. The van der Waals surface area contributed by atoms with Crippen molar-refractivity contribution in [3.63, 3.8) is 0 Å². The van der Waals surface area contributed by atoms with Gasteiger partial charge in [0.1, 0.15) is 0 Å². The largest absolute Gasteiger partial charge is 0.493 e. The van der Waals surface area contributed by atoms with Gasteiger partial charge in [-0.05, 0) is 56.6 Å². The fourth-order valence-corrected chi connectivity index (χ4v) is 4.03. The van der Waals surface area contributed by atoms with E-state index in [4.69, 9.17) is 25.6 Å². The second-order valence-electron chi connectivity index (χ2n) is 7.18. The van der Waals surface area contributed by atoms with E-state index >= 15 is 0 Å². The molecule has 0 saturated carbocycles. The molecule has 4 rings (SSSR count). The molecule has 6 heteroatoms. The Morgan fingerprint density at radius 3 is 2.71 bits per heavy atom. The molecule has 0 spiro atoms. The minimum absolute atomic E-state index is 0.448. The van der Waals surface area contributed by atoms with Gasteiger partial charge in [0.15, 0.2) is 17.1 Å². The van der Waals surface area contributed by atoms with E-state index in [1.165, 1.54) is 0 Å². The molecule has 5 nitrogen and oxygen atoms in total. The van der Waals surface area contributed by atoms with Crippen LogP contribution in [0.15, 0.2) is 47.0 Å². The maximum atomic E-state index is 6.04. The number of methoxy groups -OCH3 is 1. The molecule has 0 N–H and O–H groups in total. The predicted octanol–water partition coefficient (Wildman–Crippen LogP) is 5.14. The quantitative estimate of drug-likeness (QED) is 0.514. The average Bonchev–Trinajstić information content (AvgIpc) is 3.15. The van der Waals surface area contributed by atoms with Gasteiger partial charge in [-0.3, -0.25) is 0 Å². The summed E-state index contributed by atoms with van der Waals surface area (Å²) in [5.41, 5.74) is 1.85. The number of nitrogens with zero attached hydrogens (tertiary/aromatic N) is 2. The van der Waals surface area contributed by atoms with Gasteiger partial charge in [-0.2, -0.15) is 0 Å². The topological polar surface area (TPSA) is 47.7 Å². The summed E-state index contributed by atoms with van der Waals surface area (Å²) in [5, 5.41) is 6.10. The van der Waals surface area contributed by atoms with Gasteiger partial charge in [0.2, 0.25) is 0 Å². The molecule has 0 unspecified atom stereocenters. The number of hydrogen-bond donors (Lipinski definition) is 0. The smallest absolute Gasteiger partial charge is 0.168 e. The number of ether oxygens (including phenoxy) is 2. The van der Waals surface area contributed by atoms with E-state index in [1.807, 2.05) is 42.5 Å². The highest BCUT2D eigenvalue weighted by atomic mass is 35.5. The zero-order chi connectivity index (χ0) is 19.3. The summed E-state index contributed by atoms with van der Waals surface area (Å²) in [7, 11) is 1.67. The minimum atomic E-state index is 0.448. The zero-order valence-electron chi connectivity index (χ0n) is 16.1. The molecule has 0 radical (unpaired) electrons. The SMILES string of the molecule is COc1ccccc1OCCCN1CCC(c2noc3cc(Cl)ccc23)CC1. The van der Waals surface area contributed by atoms with E-state index in [-0.39, 0.29) is 0 Å². The number of likely N-dealkylation sites (tertiary alicyclic amines) is 1. The van der Waals surface area contributed by atoms with Crippen LogP contribution in [-0.2, 0) is 0 Å². The molecule has 0 amide bonds. The molecular weight excluding hydrogens is 376 g/mol. The van der Waals surface area contributed by atoms with Crippen LogP contribution in [0.25, 0.3) is 11.0 Å². The van der Waals surface area contributed by atoms with Crippen molar-refractivity contribution in [3.05, 3.63) is 53.2 Å². The first-order valence-corrected chi connectivity index (χ1v) is 10.2. The molecule has 2 aromatic carbocycles. The molecule has 1 aliphatic rings. The van der Waals surface area contributed by atoms with E-state index < -0.39 is 0 Å².